The number of rotatable bonds is 5. The van der Waals surface area contributed by atoms with E-state index in [4.69, 9.17) is 9.47 Å². The van der Waals surface area contributed by atoms with Crippen LogP contribution in [0.25, 0.3) is 0 Å². The normalized spacial score (nSPS) is 41.0. The van der Waals surface area contributed by atoms with Gasteiger partial charge in [0.25, 0.3) is 0 Å². The average molecular weight is 465 g/mol. The van der Waals surface area contributed by atoms with Crippen LogP contribution in [-0.4, -0.2) is 24.0 Å². The van der Waals surface area contributed by atoms with E-state index in [0.717, 1.165) is 38.5 Å². The number of hydrogen-bond acceptors (Lipinski definition) is 4. The van der Waals surface area contributed by atoms with Gasteiger partial charge in [0.2, 0.25) is 0 Å². The van der Waals surface area contributed by atoms with E-state index in [1.807, 2.05) is 18.2 Å². The fraction of sp³-hybridized carbons (Fsp3) is 0.667. The van der Waals surface area contributed by atoms with Crippen LogP contribution >= 0.6 is 0 Å². The molecule has 3 saturated carbocycles. The van der Waals surface area contributed by atoms with Crippen molar-refractivity contribution in [3.05, 3.63) is 47.5 Å². The summed E-state index contributed by atoms with van der Waals surface area (Å²) in [4.78, 5) is 24.5. The number of allylic oxidation sites excluding steroid dienone is 1. The second kappa shape index (κ2) is 8.93. The Balaban J connectivity index is 1.37. The van der Waals surface area contributed by atoms with E-state index in [1.165, 1.54) is 24.5 Å². The van der Waals surface area contributed by atoms with E-state index in [-0.39, 0.29) is 34.9 Å². The van der Waals surface area contributed by atoms with Crippen molar-refractivity contribution in [2.75, 3.05) is 0 Å². The van der Waals surface area contributed by atoms with Gasteiger partial charge < -0.3 is 9.47 Å². The Morgan fingerprint density at radius 3 is 2.50 bits per heavy atom. The van der Waals surface area contributed by atoms with Crippen LogP contribution in [0.4, 0.5) is 0 Å². The van der Waals surface area contributed by atoms with Gasteiger partial charge in [-0.05, 0) is 79.6 Å². The molecule has 4 heteroatoms. The van der Waals surface area contributed by atoms with Gasteiger partial charge in [-0.2, -0.15) is 0 Å². The maximum Gasteiger partial charge on any atom is 0.302 e. The number of ketones is 1. The Morgan fingerprint density at radius 2 is 1.79 bits per heavy atom. The number of esters is 1. The van der Waals surface area contributed by atoms with Crippen molar-refractivity contribution in [2.45, 2.75) is 91.5 Å². The molecule has 0 saturated heterocycles. The molecular formula is C30H40O4. The molecule has 34 heavy (non-hydrogen) atoms. The lowest BCUT2D eigenvalue weighted by Crippen LogP contribution is -2.51. The number of carbonyl (C=O) groups is 2. The van der Waals surface area contributed by atoms with Gasteiger partial charge in [-0.15, -0.1) is 0 Å². The van der Waals surface area contributed by atoms with Gasteiger partial charge >= 0.3 is 5.97 Å². The zero-order valence-corrected chi connectivity index (χ0v) is 21.2. The maximum absolute atomic E-state index is 13.0. The van der Waals surface area contributed by atoms with Crippen molar-refractivity contribution in [2.24, 2.45) is 34.5 Å². The molecule has 4 nitrogen and oxygen atoms in total. The highest BCUT2D eigenvalue weighted by molar-refractivity contribution is 5.80. The lowest BCUT2D eigenvalue weighted by molar-refractivity contribution is -0.149. The van der Waals surface area contributed by atoms with Gasteiger partial charge in [0, 0.05) is 19.3 Å². The van der Waals surface area contributed by atoms with Crippen molar-refractivity contribution in [1.29, 1.82) is 0 Å². The SMILES string of the molecule is CC(=O)O[C@@H]1CC[C@]2(C)C(=CC[C@H]3[C@H]4C[C@@H](OCc5ccccc5)[C@@H](C(C)=O)[C@]4(C)CC[C@@H]32)C1. The maximum atomic E-state index is 13.0. The minimum absolute atomic E-state index is 0.00402. The Kier molecular flexibility index (Phi) is 6.25. The van der Waals surface area contributed by atoms with Gasteiger partial charge in [-0.3, -0.25) is 9.59 Å². The lowest BCUT2D eigenvalue weighted by atomic mass is 9.47. The van der Waals surface area contributed by atoms with E-state index >= 15 is 0 Å². The molecule has 0 bridgehead atoms. The molecule has 0 N–H and O–H groups in total. The Labute approximate surface area is 204 Å². The molecule has 1 aromatic rings. The third kappa shape index (κ3) is 3.96. The second-order valence-electron chi connectivity index (χ2n) is 11.9. The highest BCUT2D eigenvalue weighted by Crippen LogP contribution is 2.66. The molecule has 184 valence electrons. The minimum Gasteiger partial charge on any atom is -0.462 e. The molecule has 8 atom stereocenters. The first-order chi connectivity index (χ1) is 16.2. The summed E-state index contributed by atoms with van der Waals surface area (Å²) in [5, 5.41) is 0. The van der Waals surface area contributed by atoms with E-state index in [2.05, 4.69) is 32.1 Å². The molecule has 5 rings (SSSR count). The van der Waals surface area contributed by atoms with Crippen LogP contribution in [0.5, 0.6) is 0 Å². The van der Waals surface area contributed by atoms with Gasteiger partial charge in [0.15, 0.2) is 0 Å². The van der Waals surface area contributed by atoms with Gasteiger partial charge in [-0.1, -0.05) is 55.8 Å². The van der Waals surface area contributed by atoms with Crippen molar-refractivity contribution >= 4 is 11.8 Å². The molecule has 0 radical (unpaired) electrons. The molecular weight excluding hydrogens is 424 g/mol. The fourth-order valence-corrected chi connectivity index (χ4v) is 8.62. The van der Waals surface area contributed by atoms with Crippen LogP contribution in [0.2, 0.25) is 0 Å². The highest BCUT2D eigenvalue weighted by Gasteiger charge is 2.62. The predicted molar refractivity (Wildman–Crippen MR) is 132 cm³/mol. The van der Waals surface area contributed by atoms with Gasteiger partial charge in [0.1, 0.15) is 11.9 Å². The Hall–Kier alpha value is -1.94. The summed E-state index contributed by atoms with van der Waals surface area (Å²) in [5.74, 6) is 1.87. The highest BCUT2D eigenvalue weighted by atomic mass is 16.5. The molecule has 4 aliphatic carbocycles. The average Bonchev–Trinajstić information content (AvgIpc) is 3.11. The first kappa shape index (κ1) is 23.8. The zero-order valence-electron chi connectivity index (χ0n) is 21.2. The smallest absolute Gasteiger partial charge is 0.302 e. The van der Waals surface area contributed by atoms with Crippen LogP contribution in [0.15, 0.2) is 42.0 Å². The Bertz CT molecular complexity index is 967. The monoisotopic (exact) mass is 464 g/mol. The Morgan fingerprint density at radius 1 is 1.03 bits per heavy atom. The number of ether oxygens (including phenoxy) is 2. The van der Waals surface area contributed by atoms with Crippen molar-refractivity contribution < 1.29 is 19.1 Å². The van der Waals surface area contributed by atoms with Crippen LogP contribution in [0.3, 0.4) is 0 Å². The molecule has 1 aromatic carbocycles. The van der Waals surface area contributed by atoms with Crippen molar-refractivity contribution in [3.63, 3.8) is 0 Å². The third-order valence-electron chi connectivity index (χ3n) is 10.1. The standard InChI is InChI=1S/C30H40O4/c1-19(31)28-27(33-18-21-8-6-5-7-9-21)17-26-24-11-10-22-16-23(34-20(2)32)12-14-29(22,3)25(24)13-15-30(26,28)4/h5-10,23-28H,11-18H2,1-4H3/t23-,24-,25+,26-,27-,28-,29-,30-/m1/s1. The second-order valence-corrected chi connectivity index (χ2v) is 11.9. The fourth-order valence-electron chi connectivity index (χ4n) is 8.62. The summed E-state index contributed by atoms with van der Waals surface area (Å²) in [7, 11) is 0. The van der Waals surface area contributed by atoms with Gasteiger partial charge in [0.05, 0.1) is 12.7 Å². The lowest BCUT2D eigenvalue weighted by Gasteiger charge is -2.57. The summed E-state index contributed by atoms with van der Waals surface area (Å²) < 4.78 is 12.1. The molecule has 0 aliphatic heterocycles. The zero-order chi connectivity index (χ0) is 24.1. The van der Waals surface area contributed by atoms with Crippen LogP contribution in [-0.2, 0) is 25.7 Å². The van der Waals surface area contributed by atoms with Crippen molar-refractivity contribution in [1.82, 2.24) is 0 Å². The third-order valence-corrected chi connectivity index (χ3v) is 10.1. The quantitative estimate of drug-likeness (QED) is 0.380. The van der Waals surface area contributed by atoms with E-state index < -0.39 is 0 Å². The summed E-state index contributed by atoms with van der Waals surface area (Å²) in [6, 6.07) is 10.3. The van der Waals surface area contributed by atoms with E-state index in [9.17, 15) is 9.59 Å². The largest absolute Gasteiger partial charge is 0.462 e. The number of Topliss-reactive ketones (excluding diaryl/α,β-unsaturated/α-hetero) is 1. The molecule has 0 amide bonds. The number of fused-ring (bicyclic) bond motifs is 5. The summed E-state index contributed by atoms with van der Waals surface area (Å²) in [5.41, 5.74) is 2.89. The molecule has 0 unspecified atom stereocenters. The molecule has 0 heterocycles. The number of benzene rings is 1. The first-order valence-electron chi connectivity index (χ1n) is 13.2. The number of hydrogen-bond donors (Lipinski definition) is 0. The van der Waals surface area contributed by atoms with E-state index in [1.54, 1.807) is 6.92 Å². The molecule has 3 fully saturated rings. The molecule has 4 aliphatic rings. The molecule has 0 aromatic heterocycles. The molecule has 0 spiro atoms. The topological polar surface area (TPSA) is 52.6 Å². The van der Waals surface area contributed by atoms with Gasteiger partial charge in [-0.25, -0.2) is 0 Å². The minimum atomic E-state index is -0.168. The number of carbonyl (C=O) groups excluding carboxylic acids is 2. The summed E-state index contributed by atoms with van der Waals surface area (Å²) in [6.07, 6.45) is 9.80. The predicted octanol–water partition coefficient (Wildman–Crippen LogP) is 6.28. The summed E-state index contributed by atoms with van der Waals surface area (Å²) >= 11 is 0. The van der Waals surface area contributed by atoms with Crippen molar-refractivity contribution in [3.8, 4) is 0 Å². The van der Waals surface area contributed by atoms with E-state index in [0.29, 0.717) is 30.1 Å². The van der Waals surface area contributed by atoms with Crippen LogP contribution < -0.4 is 0 Å². The summed E-state index contributed by atoms with van der Waals surface area (Å²) in [6.45, 7) is 8.71. The van der Waals surface area contributed by atoms with Crippen LogP contribution in [0.1, 0.15) is 78.2 Å². The first-order valence-corrected chi connectivity index (χ1v) is 13.2. The van der Waals surface area contributed by atoms with Crippen LogP contribution in [0, 0.1) is 34.5 Å².